The third-order valence-corrected chi connectivity index (χ3v) is 4.83. The Morgan fingerprint density at radius 3 is 2.68 bits per heavy atom. The molecule has 0 aromatic heterocycles. The van der Waals surface area contributed by atoms with Gasteiger partial charge in [-0.3, -0.25) is 9.59 Å². The number of rotatable bonds is 4. The largest absolute Gasteiger partial charge is 0.312 e. The first-order valence-corrected chi connectivity index (χ1v) is 8.82. The number of halogens is 1. The molecular formula is C20H21ClN2O2. The fraction of sp³-hybridized carbons (Fsp3) is 0.300. The first-order valence-electron chi connectivity index (χ1n) is 8.44. The summed E-state index contributed by atoms with van der Waals surface area (Å²) in [6.07, 6.45) is 0.215. The Kier molecular flexibility index (Phi) is 5.09. The van der Waals surface area contributed by atoms with Crippen molar-refractivity contribution < 1.29 is 9.59 Å². The predicted octanol–water partition coefficient (Wildman–Crippen LogP) is 4.05. The maximum Gasteiger partial charge on any atom is 0.232 e. The van der Waals surface area contributed by atoms with E-state index < -0.39 is 0 Å². The SMILES string of the molecule is CCN(C(=O)C1CC(=O)N(c2ccccc2Cl)C1)c1cccc(C)c1. The average molecular weight is 357 g/mol. The molecule has 0 radical (unpaired) electrons. The van der Waals surface area contributed by atoms with Crippen molar-refractivity contribution in [3.05, 3.63) is 59.1 Å². The van der Waals surface area contributed by atoms with Crippen LogP contribution >= 0.6 is 11.6 Å². The van der Waals surface area contributed by atoms with Crippen LogP contribution in [0.5, 0.6) is 0 Å². The zero-order valence-corrected chi connectivity index (χ0v) is 15.2. The van der Waals surface area contributed by atoms with Gasteiger partial charge in [-0.1, -0.05) is 35.9 Å². The van der Waals surface area contributed by atoms with Gasteiger partial charge in [0.05, 0.1) is 16.6 Å². The van der Waals surface area contributed by atoms with E-state index in [0.717, 1.165) is 11.3 Å². The Morgan fingerprint density at radius 2 is 2.00 bits per heavy atom. The third-order valence-electron chi connectivity index (χ3n) is 4.51. The molecule has 1 fully saturated rings. The summed E-state index contributed by atoms with van der Waals surface area (Å²) < 4.78 is 0. The minimum Gasteiger partial charge on any atom is -0.312 e. The second-order valence-electron chi connectivity index (χ2n) is 6.28. The summed E-state index contributed by atoms with van der Waals surface area (Å²) in [4.78, 5) is 28.8. The standard InChI is InChI=1S/C20H21ClN2O2/c1-3-22(16-8-6-7-14(2)11-16)20(25)15-12-19(24)23(13-15)18-10-5-4-9-17(18)21/h4-11,15H,3,12-13H2,1-2H3. The van der Waals surface area contributed by atoms with E-state index in [1.807, 2.05) is 56.3 Å². The van der Waals surface area contributed by atoms with Crippen LogP contribution < -0.4 is 9.80 Å². The van der Waals surface area contributed by atoms with Gasteiger partial charge in [-0.05, 0) is 43.7 Å². The molecule has 0 aliphatic carbocycles. The van der Waals surface area contributed by atoms with E-state index in [0.29, 0.717) is 23.8 Å². The molecule has 2 aromatic rings. The number of hydrogen-bond donors (Lipinski definition) is 0. The van der Waals surface area contributed by atoms with Crippen molar-refractivity contribution in [1.29, 1.82) is 0 Å². The van der Waals surface area contributed by atoms with Crippen LogP contribution in [0.15, 0.2) is 48.5 Å². The minimum absolute atomic E-state index is 0.0176. The van der Waals surface area contributed by atoms with Crippen molar-refractivity contribution in [2.45, 2.75) is 20.3 Å². The summed E-state index contributed by atoms with van der Waals surface area (Å²) >= 11 is 6.21. The van der Waals surface area contributed by atoms with Crippen molar-refractivity contribution in [1.82, 2.24) is 0 Å². The van der Waals surface area contributed by atoms with Gasteiger partial charge < -0.3 is 9.80 Å². The molecule has 5 heteroatoms. The second kappa shape index (κ2) is 7.28. The number of nitrogens with zero attached hydrogens (tertiary/aromatic N) is 2. The summed E-state index contributed by atoms with van der Waals surface area (Å²) in [7, 11) is 0. The van der Waals surface area contributed by atoms with E-state index in [1.165, 1.54) is 0 Å². The highest BCUT2D eigenvalue weighted by atomic mass is 35.5. The molecule has 2 aromatic carbocycles. The predicted molar refractivity (Wildman–Crippen MR) is 101 cm³/mol. The summed E-state index contributed by atoms with van der Waals surface area (Å²) in [6, 6.07) is 15.1. The first kappa shape index (κ1) is 17.5. The molecule has 1 atom stereocenters. The first-order chi connectivity index (χ1) is 12.0. The Balaban J connectivity index is 1.81. The van der Waals surface area contributed by atoms with Crippen LogP contribution in [0, 0.1) is 12.8 Å². The quantitative estimate of drug-likeness (QED) is 0.829. The topological polar surface area (TPSA) is 40.6 Å². The average Bonchev–Trinajstić information content (AvgIpc) is 2.98. The highest BCUT2D eigenvalue weighted by Gasteiger charge is 2.37. The molecule has 0 bridgehead atoms. The van der Waals surface area contributed by atoms with Crippen LogP contribution in [0.3, 0.4) is 0 Å². The van der Waals surface area contributed by atoms with Crippen LogP contribution in [0.4, 0.5) is 11.4 Å². The molecule has 0 saturated carbocycles. The van der Waals surface area contributed by atoms with Gasteiger partial charge in [0, 0.05) is 25.2 Å². The molecular weight excluding hydrogens is 336 g/mol. The molecule has 0 spiro atoms. The molecule has 2 amide bonds. The molecule has 130 valence electrons. The smallest absolute Gasteiger partial charge is 0.232 e. The van der Waals surface area contributed by atoms with Gasteiger partial charge in [0.25, 0.3) is 0 Å². The minimum atomic E-state index is -0.357. The van der Waals surface area contributed by atoms with Crippen LogP contribution in [0.25, 0.3) is 0 Å². The highest BCUT2D eigenvalue weighted by Crippen LogP contribution is 2.32. The lowest BCUT2D eigenvalue weighted by atomic mass is 10.1. The van der Waals surface area contributed by atoms with E-state index in [1.54, 1.807) is 15.9 Å². The van der Waals surface area contributed by atoms with Gasteiger partial charge in [-0.25, -0.2) is 0 Å². The van der Waals surface area contributed by atoms with Crippen molar-refractivity contribution >= 4 is 34.8 Å². The molecule has 1 saturated heterocycles. The van der Waals surface area contributed by atoms with Crippen LogP contribution in [0.2, 0.25) is 5.02 Å². The Hall–Kier alpha value is -2.33. The fourth-order valence-corrected chi connectivity index (χ4v) is 3.50. The molecule has 1 heterocycles. The van der Waals surface area contributed by atoms with Gasteiger partial charge in [0.2, 0.25) is 11.8 Å². The van der Waals surface area contributed by atoms with Crippen LogP contribution in [-0.4, -0.2) is 24.9 Å². The van der Waals surface area contributed by atoms with Crippen molar-refractivity contribution in [2.24, 2.45) is 5.92 Å². The van der Waals surface area contributed by atoms with Gasteiger partial charge >= 0.3 is 0 Å². The van der Waals surface area contributed by atoms with E-state index in [2.05, 4.69) is 0 Å². The lowest BCUT2D eigenvalue weighted by Crippen LogP contribution is -2.37. The zero-order valence-electron chi connectivity index (χ0n) is 14.4. The van der Waals surface area contributed by atoms with Crippen molar-refractivity contribution in [2.75, 3.05) is 22.9 Å². The Morgan fingerprint density at radius 1 is 1.24 bits per heavy atom. The van der Waals surface area contributed by atoms with E-state index in [-0.39, 0.29) is 24.2 Å². The number of carbonyl (C=O) groups is 2. The highest BCUT2D eigenvalue weighted by molar-refractivity contribution is 6.33. The number of amides is 2. The van der Waals surface area contributed by atoms with Gasteiger partial charge in [0.1, 0.15) is 0 Å². The number of anilines is 2. The fourth-order valence-electron chi connectivity index (χ4n) is 3.26. The van der Waals surface area contributed by atoms with E-state index in [9.17, 15) is 9.59 Å². The Bertz CT molecular complexity index is 806. The molecule has 1 aliphatic heterocycles. The van der Waals surface area contributed by atoms with Crippen molar-refractivity contribution in [3.63, 3.8) is 0 Å². The lowest BCUT2D eigenvalue weighted by molar-refractivity contribution is -0.124. The molecule has 3 rings (SSSR count). The summed E-state index contributed by atoms with van der Waals surface area (Å²) in [5.74, 6) is -0.438. The van der Waals surface area contributed by atoms with Crippen LogP contribution in [0.1, 0.15) is 18.9 Å². The maximum atomic E-state index is 13.0. The monoisotopic (exact) mass is 356 g/mol. The molecule has 1 unspecified atom stereocenters. The van der Waals surface area contributed by atoms with Gasteiger partial charge in [-0.15, -0.1) is 0 Å². The van der Waals surface area contributed by atoms with Gasteiger partial charge in [-0.2, -0.15) is 0 Å². The maximum absolute atomic E-state index is 13.0. The van der Waals surface area contributed by atoms with Gasteiger partial charge in [0.15, 0.2) is 0 Å². The number of carbonyl (C=O) groups excluding carboxylic acids is 2. The summed E-state index contributed by atoms with van der Waals surface area (Å²) in [5, 5.41) is 0.523. The molecule has 1 aliphatic rings. The number of aryl methyl sites for hydroxylation is 1. The van der Waals surface area contributed by atoms with Crippen LogP contribution in [-0.2, 0) is 9.59 Å². The molecule has 25 heavy (non-hydrogen) atoms. The summed E-state index contributed by atoms with van der Waals surface area (Å²) in [5.41, 5.74) is 2.64. The zero-order chi connectivity index (χ0) is 18.0. The normalized spacial score (nSPS) is 17.0. The number of para-hydroxylation sites is 1. The second-order valence-corrected chi connectivity index (χ2v) is 6.69. The van der Waals surface area contributed by atoms with Crippen molar-refractivity contribution in [3.8, 4) is 0 Å². The number of hydrogen-bond acceptors (Lipinski definition) is 2. The van der Waals surface area contributed by atoms with E-state index in [4.69, 9.17) is 11.6 Å². The molecule has 0 N–H and O–H groups in total. The Labute approximate surface area is 153 Å². The van der Waals surface area contributed by atoms with E-state index >= 15 is 0 Å². The molecule has 4 nitrogen and oxygen atoms in total. The number of benzene rings is 2. The summed E-state index contributed by atoms with van der Waals surface area (Å²) in [6.45, 7) is 4.88. The lowest BCUT2D eigenvalue weighted by Gasteiger charge is -2.25. The third kappa shape index (κ3) is 3.54.